The number of halogens is 3. The molecule has 1 aromatic carbocycles. The van der Waals surface area contributed by atoms with Gasteiger partial charge in [-0.1, -0.05) is 18.2 Å². The summed E-state index contributed by atoms with van der Waals surface area (Å²) in [5.74, 6) is -0.721. The maximum atomic E-state index is 12.7. The Hall–Kier alpha value is -2.06. The van der Waals surface area contributed by atoms with Crippen LogP contribution in [0.1, 0.15) is 18.4 Å². The summed E-state index contributed by atoms with van der Waals surface area (Å²) in [4.78, 5) is 11.3. The van der Waals surface area contributed by atoms with Gasteiger partial charge in [0, 0.05) is 18.3 Å². The number of hydrogen-bond acceptors (Lipinski definition) is 5. The van der Waals surface area contributed by atoms with Gasteiger partial charge in [0.15, 0.2) is 0 Å². The van der Waals surface area contributed by atoms with Crippen molar-refractivity contribution in [2.45, 2.75) is 37.3 Å². The van der Waals surface area contributed by atoms with Crippen molar-refractivity contribution in [2.24, 2.45) is 11.8 Å². The average molecular weight is 372 g/mol. The van der Waals surface area contributed by atoms with E-state index >= 15 is 0 Å². The fraction of sp³-hybridized carbons (Fsp3) is 0.500. The molecule has 0 aromatic heterocycles. The zero-order valence-corrected chi connectivity index (χ0v) is 13.7. The van der Waals surface area contributed by atoms with Gasteiger partial charge in [-0.25, -0.2) is 0 Å². The summed E-state index contributed by atoms with van der Waals surface area (Å²) in [6, 6.07) is 4.40. The molecule has 2 N–H and O–H groups in total. The van der Waals surface area contributed by atoms with Crippen molar-refractivity contribution < 1.29 is 37.7 Å². The predicted octanol–water partition coefficient (Wildman–Crippen LogP) is 2.31. The number of carbonyl (C=O) groups excluding carboxylic acids is 1. The van der Waals surface area contributed by atoms with Crippen LogP contribution in [0.25, 0.3) is 0 Å². The van der Waals surface area contributed by atoms with Crippen molar-refractivity contribution in [3.63, 3.8) is 0 Å². The number of aliphatic hydroxyl groups is 2. The smallest absolute Gasteiger partial charge is 0.416 e. The SMILES string of the molecule is O=C1C[C@H]2[C@@H](/C=C/[C@@H](O)COc3cccc(C(F)(F)F)c3)[C@H](O)C[C@H]2O1. The third kappa shape index (κ3) is 4.19. The monoisotopic (exact) mass is 372 g/mol. The Kier molecular flexibility index (Phi) is 5.24. The Labute approximate surface area is 148 Å². The lowest BCUT2D eigenvalue weighted by Gasteiger charge is -2.16. The predicted molar refractivity (Wildman–Crippen MR) is 84.2 cm³/mol. The molecule has 5 atom stereocenters. The minimum atomic E-state index is -4.46. The molecule has 5 nitrogen and oxygen atoms in total. The summed E-state index contributed by atoms with van der Waals surface area (Å²) < 4.78 is 48.3. The van der Waals surface area contributed by atoms with Gasteiger partial charge in [0.1, 0.15) is 24.6 Å². The molecule has 1 aliphatic heterocycles. The van der Waals surface area contributed by atoms with E-state index in [1.807, 2.05) is 0 Å². The minimum Gasteiger partial charge on any atom is -0.491 e. The summed E-state index contributed by atoms with van der Waals surface area (Å²) in [7, 11) is 0. The van der Waals surface area contributed by atoms with Crippen LogP contribution >= 0.6 is 0 Å². The number of aliphatic hydroxyl groups excluding tert-OH is 2. The lowest BCUT2D eigenvalue weighted by molar-refractivity contribution is -0.142. The number of rotatable bonds is 5. The Morgan fingerprint density at radius 3 is 2.88 bits per heavy atom. The van der Waals surface area contributed by atoms with E-state index in [-0.39, 0.29) is 42.7 Å². The van der Waals surface area contributed by atoms with Gasteiger partial charge < -0.3 is 19.7 Å². The molecule has 1 aliphatic carbocycles. The highest BCUT2D eigenvalue weighted by molar-refractivity contribution is 5.72. The van der Waals surface area contributed by atoms with Gasteiger partial charge in [-0.2, -0.15) is 13.2 Å². The molecule has 0 unspecified atom stereocenters. The van der Waals surface area contributed by atoms with Gasteiger partial charge in [0.05, 0.1) is 18.1 Å². The number of fused-ring (bicyclic) bond motifs is 1. The molecule has 26 heavy (non-hydrogen) atoms. The molecular weight excluding hydrogens is 353 g/mol. The van der Waals surface area contributed by atoms with Crippen molar-refractivity contribution >= 4 is 5.97 Å². The molecule has 0 radical (unpaired) electrons. The number of ether oxygens (including phenoxy) is 2. The highest BCUT2D eigenvalue weighted by atomic mass is 19.4. The highest BCUT2D eigenvalue weighted by Gasteiger charge is 2.48. The molecule has 0 amide bonds. The van der Waals surface area contributed by atoms with Crippen molar-refractivity contribution in [1.82, 2.24) is 0 Å². The number of esters is 1. The van der Waals surface area contributed by atoms with Crippen LogP contribution in [0, 0.1) is 11.8 Å². The highest BCUT2D eigenvalue weighted by Crippen LogP contribution is 2.42. The van der Waals surface area contributed by atoms with E-state index in [0.717, 1.165) is 12.1 Å². The first-order valence-corrected chi connectivity index (χ1v) is 8.28. The largest absolute Gasteiger partial charge is 0.491 e. The van der Waals surface area contributed by atoms with Gasteiger partial charge in [-0.3, -0.25) is 4.79 Å². The molecule has 2 fully saturated rings. The van der Waals surface area contributed by atoms with E-state index in [1.54, 1.807) is 6.08 Å². The molecule has 1 saturated heterocycles. The summed E-state index contributed by atoms with van der Waals surface area (Å²) in [6.45, 7) is -0.232. The molecular formula is C18H19F3O5. The standard InChI is InChI=1S/C18H19F3O5/c19-18(20,21)10-2-1-3-12(6-10)25-9-11(22)4-5-13-14-7-17(24)26-16(14)8-15(13)23/h1-6,11,13-16,22-23H,7-9H2/b5-4+/t11-,13-,14+,15-,16-/m1/s1. The van der Waals surface area contributed by atoms with Crippen LogP contribution in [-0.4, -0.2) is 41.1 Å². The fourth-order valence-electron chi connectivity index (χ4n) is 3.44. The number of hydrogen-bond donors (Lipinski definition) is 2. The molecule has 0 bridgehead atoms. The summed E-state index contributed by atoms with van der Waals surface area (Å²) in [5, 5.41) is 20.0. The Morgan fingerprint density at radius 2 is 2.15 bits per heavy atom. The van der Waals surface area contributed by atoms with Gasteiger partial charge in [-0.05, 0) is 18.2 Å². The first-order valence-electron chi connectivity index (χ1n) is 8.28. The van der Waals surface area contributed by atoms with Crippen molar-refractivity contribution in [3.05, 3.63) is 42.0 Å². The van der Waals surface area contributed by atoms with Gasteiger partial charge in [0.2, 0.25) is 0 Å². The molecule has 142 valence electrons. The summed E-state index contributed by atoms with van der Waals surface area (Å²) in [5.41, 5.74) is -0.828. The van der Waals surface area contributed by atoms with Crippen LogP contribution in [0.5, 0.6) is 5.75 Å². The van der Waals surface area contributed by atoms with Crippen molar-refractivity contribution in [3.8, 4) is 5.75 Å². The van der Waals surface area contributed by atoms with Crippen molar-refractivity contribution in [1.29, 1.82) is 0 Å². The number of benzene rings is 1. The van der Waals surface area contributed by atoms with Gasteiger partial charge in [-0.15, -0.1) is 0 Å². The first kappa shape index (κ1) is 18.7. The topological polar surface area (TPSA) is 76.0 Å². The Bertz CT molecular complexity index is 688. The van der Waals surface area contributed by atoms with E-state index in [4.69, 9.17) is 9.47 Å². The zero-order valence-electron chi connectivity index (χ0n) is 13.7. The third-order valence-electron chi connectivity index (χ3n) is 4.71. The van der Waals surface area contributed by atoms with Crippen molar-refractivity contribution in [2.75, 3.05) is 6.61 Å². The molecule has 3 rings (SSSR count). The normalized spacial score (nSPS) is 29.7. The third-order valence-corrected chi connectivity index (χ3v) is 4.71. The maximum Gasteiger partial charge on any atom is 0.416 e. The van der Waals surface area contributed by atoms with E-state index < -0.39 is 23.9 Å². The first-order chi connectivity index (χ1) is 12.2. The second kappa shape index (κ2) is 7.28. The van der Waals surface area contributed by atoms with Crippen LogP contribution < -0.4 is 4.74 Å². The molecule has 8 heteroatoms. The fourth-order valence-corrected chi connectivity index (χ4v) is 3.44. The van der Waals surface area contributed by atoms with Gasteiger partial charge in [0.25, 0.3) is 0 Å². The summed E-state index contributed by atoms with van der Waals surface area (Å²) >= 11 is 0. The number of carbonyl (C=O) groups is 1. The summed E-state index contributed by atoms with van der Waals surface area (Å²) in [6.07, 6.45) is -2.85. The van der Waals surface area contributed by atoms with Crippen LogP contribution in [0.2, 0.25) is 0 Å². The zero-order chi connectivity index (χ0) is 18.9. The maximum absolute atomic E-state index is 12.7. The lowest BCUT2D eigenvalue weighted by atomic mass is 9.91. The molecule has 0 spiro atoms. The lowest BCUT2D eigenvalue weighted by Crippen LogP contribution is -2.20. The quantitative estimate of drug-likeness (QED) is 0.613. The Morgan fingerprint density at radius 1 is 1.38 bits per heavy atom. The van der Waals surface area contributed by atoms with E-state index in [0.29, 0.717) is 6.42 Å². The Balaban J connectivity index is 1.55. The van der Waals surface area contributed by atoms with Crippen LogP contribution in [0.3, 0.4) is 0 Å². The molecule has 1 aromatic rings. The van der Waals surface area contributed by atoms with Crippen LogP contribution in [0.4, 0.5) is 13.2 Å². The van der Waals surface area contributed by atoms with Crippen LogP contribution in [-0.2, 0) is 15.7 Å². The molecule has 1 heterocycles. The average Bonchev–Trinajstić information content (AvgIpc) is 3.05. The van der Waals surface area contributed by atoms with E-state index in [9.17, 15) is 28.2 Å². The van der Waals surface area contributed by atoms with E-state index in [2.05, 4.69) is 0 Å². The van der Waals surface area contributed by atoms with Crippen LogP contribution in [0.15, 0.2) is 36.4 Å². The van der Waals surface area contributed by atoms with E-state index in [1.165, 1.54) is 18.2 Å². The number of alkyl halides is 3. The van der Waals surface area contributed by atoms with Gasteiger partial charge >= 0.3 is 12.1 Å². The second-order valence-corrected chi connectivity index (χ2v) is 6.57. The molecule has 1 saturated carbocycles. The molecule has 2 aliphatic rings. The minimum absolute atomic E-state index is 0.00281. The second-order valence-electron chi connectivity index (χ2n) is 6.57.